The first-order valence-corrected chi connectivity index (χ1v) is 9.49. The molecule has 0 aromatic heterocycles. The number of ether oxygens (including phenoxy) is 1. The van der Waals surface area contributed by atoms with Gasteiger partial charge in [-0.15, -0.1) is 24.0 Å². The van der Waals surface area contributed by atoms with Gasteiger partial charge in [0, 0.05) is 38.6 Å². The molecular formula is C19H30IN5O2. The van der Waals surface area contributed by atoms with Crippen molar-refractivity contribution in [2.75, 3.05) is 32.8 Å². The Morgan fingerprint density at radius 2 is 2.15 bits per heavy atom. The number of hydrogen-bond acceptors (Lipinski definition) is 3. The summed E-state index contributed by atoms with van der Waals surface area (Å²) in [7, 11) is 0. The van der Waals surface area contributed by atoms with Crippen LogP contribution in [0.3, 0.4) is 0 Å². The summed E-state index contributed by atoms with van der Waals surface area (Å²) in [5.74, 6) is 1.86. The Morgan fingerprint density at radius 3 is 2.85 bits per heavy atom. The zero-order valence-corrected chi connectivity index (χ0v) is 18.2. The minimum Gasteiger partial charge on any atom is -0.493 e. The second-order valence-electron chi connectivity index (χ2n) is 6.80. The number of primary amides is 1. The molecule has 3 rings (SSSR count). The number of halogens is 1. The number of piperidine rings is 1. The standard InChI is InChI=1S/C19H29N5O2.HI/c1-2-21-19(23-16-6-10-24(11-7-16)18(20)25)22-9-5-14-3-4-17-15(13-14)8-12-26-17;/h3-4,13,16H,2,5-12H2,1H3,(H2,20,25)(H2,21,22,23);1H. The number of urea groups is 1. The quantitative estimate of drug-likeness (QED) is 0.336. The number of benzene rings is 1. The van der Waals surface area contributed by atoms with E-state index in [9.17, 15) is 4.79 Å². The fraction of sp³-hybridized carbons (Fsp3) is 0.579. The molecule has 2 aliphatic heterocycles. The number of guanidine groups is 1. The molecule has 0 bridgehead atoms. The molecule has 0 aliphatic carbocycles. The normalized spacial score (nSPS) is 16.9. The third-order valence-corrected chi connectivity index (χ3v) is 4.92. The van der Waals surface area contributed by atoms with Crippen LogP contribution in [0.4, 0.5) is 4.79 Å². The highest BCUT2D eigenvalue weighted by Gasteiger charge is 2.21. The lowest BCUT2D eigenvalue weighted by molar-refractivity contribution is 0.188. The second-order valence-corrected chi connectivity index (χ2v) is 6.80. The number of likely N-dealkylation sites (tertiary alicyclic amines) is 1. The predicted molar refractivity (Wildman–Crippen MR) is 118 cm³/mol. The van der Waals surface area contributed by atoms with Gasteiger partial charge in [-0.2, -0.15) is 0 Å². The molecule has 150 valence electrons. The lowest BCUT2D eigenvalue weighted by Crippen LogP contribution is -2.50. The first-order valence-electron chi connectivity index (χ1n) is 9.49. The van der Waals surface area contributed by atoms with Crippen LogP contribution in [0.1, 0.15) is 30.9 Å². The molecule has 1 fully saturated rings. The van der Waals surface area contributed by atoms with E-state index < -0.39 is 0 Å². The van der Waals surface area contributed by atoms with Crippen LogP contribution in [0.2, 0.25) is 0 Å². The van der Waals surface area contributed by atoms with Gasteiger partial charge in [0.2, 0.25) is 0 Å². The van der Waals surface area contributed by atoms with Crippen molar-refractivity contribution in [3.8, 4) is 5.75 Å². The van der Waals surface area contributed by atoms with Crippen LogP contribution >= 0.6 is 24.0 Å². The SMILES string of the molecule is CCNC(=NCCc1ccc2c(c1)CCO2)NC1CCN(C(N)=O)CC1.I. The highest BCUT2D eigenvalue weighted by Crippen LogP contribution is 2.25. The maximum absolute atomic E-state index is 11.2. The van der Waals surface area contributed by atoms with Crippen LogP contribution in [0.25, 0.3) is 0 Å². The molecule has 2 heterocycles. The van der Waals surface area contributed by atoms with Crippen LogP contribution < -0.4 is 21.1 Å². The summed E-state index contributed by atoms with van der Waals surface area (Å²) in [6.45, 7) is 5.80. The average molecular weight is 487 g/mol. The summed E-state index contributed by atoms with van der Waals surface area (Å²) in [5, 5.41) is 6.79. The molecule has 0 saturated carbocycles. The van der Waals surface area contributed by atoms with Gasteiger partial charge in [-0.1, -0.05) is 12.1 Å². The molecule has 8 heteroatoms. The summed E-state index contributed by atoms with van der Waals surface area (Å²) in [5.41, 5.74) is 7.94. The summed E-state index contributed by atoms with van der Waals surface area (Å²) in [6.07, 6.45) is 3.68. The van der Waals surface area contributed by atoms with Crippen LogP contribution in [0, 0.1) is 0 Å². The maximum atomic E-state index is 11.2. The van der Waals surface area contributed by atoms with Crippen molar-refractivity contribution in [2.45, 2.75) is 38.6 Å². The number of amides is 2. The molecule has 0 atom stereocenters. The van der Waals surface area contributed by atoms with Gasteiger partial charge in [0.15, 0.2) is 5.96 Å². The zero-order valence-electron chi connectivity index (χ0n) is 15.9. The number of hydrogen-bond donors (Lipinski definition) is 3. The topological polar surface area (TPSA) is 92.0 Å². The molecule has 0 spiro atoms. The number of fused-ring (bicyclic) bond motifs is 1. The van der Waals surface area contributed by atoms with E-state index >= 15 is 0 Å². The van der Waals surface area contributed by atoms with Crippen molar-refractivity contribution >= 4 is 36.0 Å². The molecule has 2 aliphatic rings. The van der Waals surface area contributed by atoms with E-state index in [-0.39, 0.29) is 30.0 Å². The lowest BCUT2D eigenvalue weighted by atomic mass is 10.1. The fourth-order valence-corrected chi connectivity index (χ4v) is 3.45. The van der Waals surface area contributed by atoms with Gasteiger partial charge in [0.1, 0.15) is 5.75 Å². The monoisotopic (exact) mass is 487 g/mol. The Morgan fingerprint density at radius 1 is 1.37 bits per heavy atom. The van der Waals surface area contributed by atoms with Crippen molar-refractivity contribution in [3.63, 3.8) is 0 Å². The number of carbonyl (C=O) groups excluding carboxylic acids is 1. The van der Waals surface area contributed by atoms with E-state index in [1.165, 1.54) is 11.1 Å². The van der Waals surface area contributed by atoms with Gasteiger partial charge in [-0.3, -0.25) is 4.99 Å². The summed E-state index contributed by atoms with van der Waals surface area (Å²) in [4.78, 5) is 17.6. The molecule has 2 amide bonds. The first-order chi connectivity index (χ1) is 12.7. The molecule has 1 saturated heterocycles. The van der Waals surface area contributed by atoms with Crippen molar-refractivity contribution in [1.82, 2.24) is 15.5 Å². The molecule has 0 radical (unpaired) electrons. The Hall–Kier alpha value is -1.71. The van der Waals surface area contributed by atoms with E-state index in [0.29, 0.717) is 19.1 Å². The fourth-order valence-electron chi connectivity index (χ4n) is 3.45. The summed E-state index contributed by atoms with van der Waals surface area (Å²) in [6, 6.07) is 6.42. The minimum atomic E-state index is -0.330. The molecule has 7 nitrogen and oxygen atoms in total. The van der Waals surface area contributed by atoms with Crippen molar-refractivity contribution in [1.29, 1.82) is 0 Å². The van der Waals surface area contributed by atoms with Gasteiger partial charge in [-0.25, -0.2) is 4.79 Å². The molecular weight excluding hydrogens is 457 g/mol. The minimum absolute atomic E-state index is 0. The van der Waals surface area contributed by atoms with E-state index in [0.717, 1.165) is 57.1 Å². The van der Waals surface area contributed by atoms with Crippen LogP contribution in [0.15, 0.2) is 23.2 Å². The number of aliphatic imine (C=N–C) groups is 1. The predicted octanol–water partition coefficient (Wildman–Crippen LogP) is 1.88. The number of nitrogens with zero attached hydrogens (tertiary/aromatic N) is 2. The van der Waals surface area contributed by atoms with Crippen molar-refractivity contribution in [2.24, 2.45) is 10.7 Å². The Bertz CT molecular complexity index is 660. The van der Waals surface area contributed by atoms with Crippen LogP contribution in [0.5, 0.6) is 5.75 Å². The number of rotatable bonds is 5. The average Bonchev–Trinajstić information content (AvgIpc) is 3.10. The summed E-state index contributed by atoms with van der Waals surface area (Å²) < 4.78 is 5.56. The highest BCUT2D eigenvalue weighted by atomic mass is 127. The van der Waals surface area contributed by atoms with Gasteiger partial charge in [0.05, 0.1) is 6.61 Å². The van der Waals surface area contributed by atoms with Gasteiger partial charge < -0.3 is 26.0 Å². The van der Waals surface area contributed by atoms with Crippen molar-refractivity contribution in [3.05, 3.63) is 29.3 Å². The molecule has 1 aromatic rings. The highest BCUT2D eigenvalue weighted by molar-refractivity contribution is 14.0. The third kappa shape index (κ3) is 6.15. The van der Waals surface area contributed by atoms with Crippen LogP contribution in [-0.4, -0.2) is 55.7 Å². The largest absolute Gasteiger partial charge is 0.493 e. The molecule has 1 aromatic carbocycles. The Kier molecular flexibility index (Phi) is 8.46. The van der Waals surface area contributed by atoms with E-state index in [2.05, 4.69) is 35.8 Å². The van der Waals surface area contributed by atoms with Gasteiger partial charge >= 0.3 is 6.03 Å². The Labute approximate surface area is 178 Å². The molecule has 4 N–H and O–H groups in total. The van der Waals surface area contributed by atoms with Crippen molar-refractivity contribution < 1.29 is 9.53 Å². The third-order valence-electron chi connectivity index (χ3n) is 4.92. The zero-order chi connectivity index (χ0) is 18.4. The smallest absolute Gasteiger partial charge is 0.314 e. The lowest BCUT2D eigenvalue weighted by Gasteiger charge is -2.32. The number of carbonyl (C=O) groups is 1. The number of nitrogens with two attached hydrogens (primary N) is 1. The molecule has 0 unspecified atom stereocenters. The molecule has 27 heavy (non-hydrogen) atoms. The van der Waals surface area contributed by atoms with Gasteiger partial charge in [0.25, 0.3) is 0 Å². The van der Waals surface area contributed by atoms with E-state index in [4.69, 9.17) is 15.5 Å². The summed E-state index contributed by atoms with van der Waals surface area (Å²) >= 11 is 0. The van der Waals surface area contributed by atoms with E-state index in [1.807, 2.05) is 0 Å². The second kappa shape index (κ2) is 10.6. The number of nitrogens with one attached hydrogen (secondary N) is 2. The van der Waals surface area contributed by atoms with E-state index in [1.54, 1.807) is 4.90 Å². The van der Waals surface area contributed by atoms with Crippen LogP contribution in [-0.2, 0) is 12.8 Å². The van der Waals surface area contributed by atoms with Gasteiger partial charge in [-0.05, 0) is 43.4 Å². The first kappa shape index (κ1) is 21.6. The Balaban J connectivity index is 0.00000261. The maximum Gasteiger partial charge on any atom is 0.314 e.